The molecule has 0 N–H and O–H groups in total. The van der Waals surface area contributed by atoms with Crippen molar-refractivity contribution in [3.63, 3.8) is 0 Å². The van der Waals surface area contributed by atoms with Gasteiger partial charge in [0.25, 0.3) is 0 Å². The molecule has 4 heteroatoms. The summed E-state index contributed by atoms with van der Waals surface area (Å²) >= 11 is 0. The Kier molecular flexibility index (Phi) is 6.49. The van der Waals surface area contributed by atoms with Gasteiger partial charge in [-0.3, -0.25) is 4.79 Å². The van der Waals surface area contributed by atoms with E-state index in [2.05, 4.69) is 48.5 Å². The molecule has 2 rings (SSSR count). The van der Waals surface area contributed by atoms with Crippen LogP contribution in [0.4, 0.5) is 0 Å². The second kappa shape index (κ2) is 7.84. The molecule has 0 radical (unpaired) electrons. The molecule has 2 fully saturated rings. The predicted molar refractivity (Wildman–Crippen MR) is 94.7 cm³/mol. The van der Waals surface area contributed by atoms with Crippen molar-refractivity contribution in [3.8, 4) is 0 Å². The topological polar surface area (TPSA) is 44.8 Å². The molecule has 0 bridgehead atoms. The molecule has 0 saturated carbocycles. The maximum atomic E-state index is 12.0. The van der Waals surface area contributed by atoms with Gasteiger partial charge in [0.15, 0.2) is 12.1 Å². The largest absolute Gasteiger partial charge is 0.372 e. The Morgan fingerprint density at radius 3 is 2.04 bits per heavy atom. The van der Waals surface area contributed by atoms with E-state index >= 15 is 0 Å². The van der Waals surface area contributed by atoms with Crippen LogP contribution in [-0.4, -0.2) is 36.5 Å². The zero-order chi connectivity index (χ0) is 18.2. The number of hydrogen-bond acceptors (Lipinski definition) is 4. The van der Waals surface area contributed by atoms with Crippen LogP contribution in [0, 0.1) is 29.6 Å². The lowest BCUT2D eigenvalue weighted by Gasteiger charge is -2.48. The van der Waals surface area contributed by atoms with Crippen LogP contribution in [0.15, 0.2) is 0 Å². The molecule has 5 unspecified atom stereocenters. The van der Waals surface area contributed by atoms with Gasteiger partial charge in [0, 0.05) is 5.92 Å². The summed E-state index contributed by atoms with van der Waals surface area (Å²) in [4.78, 5) is 12.0. The van der Waals surface area contributed by atoms with Crippen LogP contribution in [0.1, 0.15) is 61.8 Å². The fourth-order valence-corrected chi connectivity index (χ4v) is 4.25. The number of carbonyl (C=O) groups is 1. The molecule has 140 valence electrons. The molecular formula is C20H36O4. The van der Waals surface area contributed by atoms with Crippen molar-refractivity contribution in [2.45, 2.75) is 92.5 Å². The molecule has 24 heavy (non-hydrogen) atoms. The lowest BCUT2D eigenvalue weighted by atomic mass is 9.77. The van der Waals surface area contributed by atoms with Crippen LogP contribution in [0.25, 0.3) is 0 Å². The monoisotopic (exact) mass is 340 g/mol. The second-order valence-electron chi connectivity index (χ2n) is 8.22. The number of ether oxygens (including phenoxy) is 3. The molecular weight excluding hydrogens is 304 g/mol. The van der Waals surface area contributed by atoms with Crippen molar-refractivity contribution in [3.05, 3.63) is 0 Å². The quantitative estimate of drug-likeness (QED) is 0.774. The van der Waals surface area contributed by atoms with Crippen molar-refractivity contribution in [2.24, 2.45) is 29.6 Å². The summed E-state index contributed by atoms with van der Waals surface area (Å²) < 4.78 is 18.8. The summed E-state index contributed by atoms with van der Waals surface area (Å²) in [6.07, 6.45) is 0.580. The minimum Gasteiger partial charge on any atom is -0.372 e. The van der Waals surface area contributed by atoms with Crippen molar-refractivity contribution >= 4 is 5.78 Å². The zero-order valence-electron chi connectivity index (χ0n) is 16.6. The van der Waals surface area contributed by atoms with Gasteiger partial charge in [0.2, 0.25) is 0 Å². The van der Waals surface area contributed by atoms with Crippen molar-refractivity contribution in [1.82, 2.24) is 0 Å². The SMILES string of the molecule is CCC1OC(C)C(C)[C@@H](C)[C@@H]1O[C@@H]1OC(C(C)=O)[C@@H](C)[C@@H](C)C1C. The van der Waals surface area contributed by atoms with Gasteiger partial charge < -0.3 is 14.2 Å². The smallest absolute Gasteiger partial charge is 0.161 e. The molecule has 10 atom stereocenters. The Bertz CT molecular complexity index is 435. The second-order valence-corrected chi connectivity index (χ2v) is 8.22. The molecule has 4 nitrogen and oxygen atoms in total. The third-order valence-corrected chi connectivity index (χ3v) is 6.78. The van der Waals surface area contributed by atoms with Gasteiger partial charge in [-0.15, -0.1) is 0 Å². The van der Waals surface area contributed by atoms with Gasteiger partial charge in [-0.05, 0) is 43.9 Å². The Balaban J connectivity index is 2.16. The molecule has 0 spiro atoms. The maximum Gasteiger partial charge on any atom is 0.161 e. The molecule has 0 aromatic rings. The summed E-state index contributed by atoms with van der Waals surface area (Å²) in [6.45, 7) is 16.9. The van der Waals surface area contributed by atoms with Gasteiger partial charge in [-0.2, -0.15) is 0 Å². The first kappa shape index (κ1) is 19.9. The highest BCUT2D eigenvalue weighted by Gasteiger charge is 2.46. The fraction of sp³-hybridized carbons (Fsp3) is 0.950. The predicted octanol–water partition coefficient (Wildman–Crippen LogP) is 4.06. The van der Waals surface area contributed by atoms with E-state index in [1.165, 1.54) is 0 Å². The number of hydrogen-bond donors (Lipinski definition) is 0. The summed E-state index contributed by atoms with van der Waals surface area (Å²) in [7, 11) is 0. The average Bonchev–Trinajstić information content (AvgIpc) is 2.54. The van der Waals surface area contributed by atoms with Crippen LogP contribution in [0.3, 0.4) is 0 Å². The molecule has 2 aliphatic rings. The van der Waals surface area contributed by atoms with Gasteiger partial charge in [-0.25, -0.2) is 0 Å². The van der Waals surface area contributed by atoms with E-state index in [0.29, 0.717) is 17.8 Å². The van der Waals surface area contributed by atoms with E-state index < -0.39 is 0 Å². The zero-order valence-corrected chi connectivity index (χ0v) is 16.6. The van der Waals surface area contributed by atoms with Crippen molar-refractivity contribution < 1.29 is 19.0 Å². The summed E-state index contributed by atoms with van der Waals surface area (Å²) in [5.74, 6) is 1.80. The van der Waals surface area contributed by atoms with Crippen LogP contribution in [0.2, 0.25) is 0 Å². The number of Topliss-reactive ketones (excluding diaryl/α,β-unsaturated/α-hetero) is 1. The van der Waals surface area contributed by atoms with Crippen LogP contribution < -0.4 is 0 Å². The van der Waals surface area contributed by atoms with Crippen LogP contribution in [-0.2, 0) is 19.0 Å². The summed E-state index contributed by atoms with van der Waals surface area (Å²) in [5.41, 5.74) is 0. The molecule has 0 aliphatic carbocycles. The number of ketones is 1. The standard InChI is InChI=1S/C20H36O4/c1-9-17-19(13(5)11(3)16(8)22-17)24-20-14(6)10(2)12(4)18(23-20)15(7)21/h10-14,16-20H,9H2,1-8H3/t10-,11?,12+,13-,14?,16?,17?,18?,19+,20+/m1/s1. The van der Waals surface area contributed by atoms with Gasteiger partial charge >= 0.3 is 0 Å². The molecule has 2 saturated heterocycles. The minimum atomic E-state index is -0.363. The van der Waals surface area contributed by atoms with E-state index in [1.807, 2.05) is 0 Å². The number of carbonyl (C=O) groups excluding carboxylic acids is 1. The number of rotatable bonds is 4. The van der Waals surface area contributed by atoms with Gasteiger partial charge in [-0.1, -0.05) is 41.5 Å². The highest BCUT2D eigenvalue weighted by atomic mass is 16.7. The Labute approximate surface area is 147 Å². The molecule has 2 heterocycles. The van der Waals surface area contributed by atoms with Gasteiger partial charge in [0.05, 0.1) is 18.3 Å². The third-order valence-electron chi connectivity index (χ3n) is 6.78. The normalized spacial score (nSPS) is 49.8. The molecule has 2 aliphatic heterocycles. The van der Waals surface area contributed by atoms with E-state index in [0.717, 1.165) is 6.42 Å². The van der Waals surface area contributed by atoms with Crippen LogP contribution in [0.5, 0.6) is 0 Å². The van der Waals surface area contributed by atoms with Crippen molar-refractivity contribution in [1.29, 1.82) is 0 Å². The fourth-order valence-electron chi connectivity index (χ4n) is 4.25. The molecule has 0 aromatic heterocycles. The molecule has 0 aromatic carbocycles. The third kappa shape index (κ3) is 3.71. The van der Waals surface area contributed by atoms with E-state index in [-0.39, 0.29) is 48.3 Å². The lowest BCUT2D eigenvalue weighted by molar-refractivity contribution is -0.294. The average molecular weight is 341 g/mol. The van der Waals surface area contributed by atoms with Crippen molar-refractivity contribution in [2.75, 3.05) is 0 Å². The first-order valence-electron chi connectivity index (χ1n) is 9.65. The highest BCUT2D eigenvalue weighted by molar-refractivity contribution is 5.80. The van der Waals surface area contributed by atoms with E-state index in [4.69, 9.17) is 14.2 Å². The summed E-state index contributed by atoms with van der Waals surface area (Å²) in [5, 5.41) is 0. The lowest BCUT2D eigenvalue weighted by Crippen LogP contribution is -2.54. The highest BCUT2D eigenvalue weighted by Crippen LogP contribution is 2.40. The first-order chi connectivity index (χ1) is 11.2. The molecule has 0 amide bonds. The summed E-state index contributed by atoms with van der Waals surface area (Å²) in [6, 6.07) is 0. The maximum absolute atomic E-state index is 12.0. The van der Waals surface area contributed by atoms with Gasteiger partial charge in [0.1, 0.15) is 6.10 Å². The van der Waals surface area contributed by atoms with Crippen LogP contribution >= 0.6 is 0 Å². The Morgan fingerprint density at radius 2 is 1.50 bits per heavy atom. The van der Waals surface area contributed by atoms with E-state index in [1.54, 1.807) is 6.92 Å². The first-order valence-corrected chi connectivity index (χ1v) is 9.65. The van der Waals surface area contributed by atoms with E-state index in [9.17, 15) is 4.79 Å². The minimum absolute atomic E-state index is 0.0156. The Hall–Kier alpha value is -0.450. The Morgan fingerprint density at radius 1 is 0.875 bits per heavy atom.